The number of hydrogen-bond acceptors (Lipinski definition) is 3. The van der Waals surface area contributed by atoms with E-state index in [9.17, 15) is 4.79 Å². The number of carbonyl (C=O) groups excluding carboxylic acids is 1. The Labute approximate surface area is 82.4 Å². The van der Waals surface area contributed by atoms with Crippen molar-refractivity contribution in [3.8, 4) is 5.75 Å². The maximum absolute atomic E-state index is 11.4. The lowest BCUT2D eigenvalue weighted by Gasteiger charge is -2.12. The van der Waals surface area contributed by atoms with Crippen LogP contribution in [0.1, 0.15) is 12.5 Å². The third-order valence-corrected chi connectivity index (χ3v) is 2.33. The SMILES string of the molecule is COc1ccc2c(c1)CC(=O)C(C)=N2. The van der Waals surface area contributed by atoms with Crippen LogP contribution in [0.4, 0.5) is 5.69 Å². The van der Waals surface area contributed by atoms with E-state index in [1.54, 1.807) is 14.0 Å². The van der Waals surface area contributed by atoms with Gasteiger partial charge in [-0.3, -0.25) is 4.79 Å². The van der Waals surface area contributed by atoms with Crippen LogP contribution >= 0.6 is 0 Å². The van der Waals surface area contributed by atoms with E-state index in [4.69, 9.17) is 4.74 Å². The zero-order valence-electron chi connectivity index (χ0n) is 8.20. The van der Waals surface area contributed by atoms with Crippen LogP contribution in [0.5, 0.6) is 5.75 Å². The molecule has 14 heavy (non-hydrogen) atoms. The normalized spacial score (nSPS) is 14.7. The highest BCUT2D eigenvalue weighted by atomic mass is 16.5. The Morgan fingerprint density at radius 2 is 2.21 bits per heavy atom. The Balaban J connectivity index is 2.49. The molecule has 0 amide bonds. The Bertz CT molecular complexity index is 421. The van der Waals surface area contributed by atoms with Gasteiger partial charge in [0.1, 0.15) is 5.75 Å². The smallest absolute Gasteiger partial charge is 0.181 e. The third kappa shape index (κ3) is 1.41. The van der Waals surface area contributed by atoms with Gasteiger partial charge in [0.2, 0.25) is 0 Å². The van der Waals surface area contributed by atoms with Crippen molar-refractivity contribution < 1.29 is 9.53 Å². The summed E-state index contributed by atoms with van der Waals surface area (Å²) in [5, 5.41) is 0. The van der Waals surface area contributed by atoms with Crippen molar-refractivity contribution in [3.63, 3.8) is 0 Å². The fourth-order valence-corrected chi connectivity index (χ4v) is 1.48. The molecule has 0 N–H and O–H groups in total. The molecule has 3 nitrogen and oxygen atoms in total. The average molecular weight is 189 g/mol. The van der Waals surface area contributed by atoms with Crippen LogP contribution in [0, 0.1) is 0 Å². The van der Waals surface area contributed by atoms with Crippen molar-refractivity contribution in [2.75, 3.05) is 7.11 Å². The maximum atomic E-state index is 11.4. The maximum Gasteiger partial charge on any atom is 0.181 e. The van der Waals surface area contributed by atoms with Gasteiger partial charge in [-0.15, -0.1) is 0 Å². The van der Waals surface area contributed by atoms with Gasteiger partial charge in [-0.25, -0.2) is 4.99 Å². The molecule has 1 aromatic rings. The molecule has 0 aliphatic carbocycles. The first-order valence-electron chi connectivity index (χ1n) is 4.46. The zero-order valence-corrected chi connectivity index (χ0v) is 8.20. The van der Waals surface area contributed by atoms with Gasteiger partial charge in [-0.1, -0.05) is 0 Å². The molecule has 1 aromatic carbocycles. The number of rotatable bonds is 1. The van der Waals surface area contributed by atoms with E-state index in [1.165, 1.54) is 0 Å². The molecule has 0 bridgehead atoms. The van der Waals surface area contributed by atoms with Crippen LogP contribution in [0.2, 0.25) is 0 Å². The van der Waals surface area contributed by atoms with Crippen molar-refractivity contribution in [2.24, 2.45) is 4.99 Å². The van der Waals surface area contributed by atoms with E-state index in [0.29, 0.717) is 12.1 Å². The fraction of sp³-hybridized carbons (Fsp3) is 0.273. The first kappa shape index (κ1) is 8.94. The van der Waals surface area contributed by atoms with Gasteiger partial charge >= 0.3 is 0 Å². The molecule has 0 unspecified atom stereocenters. The van der Waals surface area contributed by atoms with E-state index in [2.05, 4.69) is 4.99 Å². The second kappa shape index (κ2) is 3.25. The fourth-order valence-electron chi connectivity index (χ4n) is 1.48. The van der Waals surface area contributed by atoms with Crippen LogP contribution in [-0.2, 0) is 11.2 Å². The molecule has 72 valence electrons. The first-order valence-corrected chi connectivity index (χ1v) is 4.46. The largest absolute Gasteiger partial charge is 0.497 e. The minimum atomic E-state index is 0.0887. The van der Waals surface area contributed by atoms with Crippen molar-refractivity contribution in [1.82, 2.24) is 0 Å². The number of carbonyl (C=O) groups is 1. The summed E-state index contributed by atoms with van der Waals surface area (Å²) < 4.78 is 5.08. The molecule has 1 aliphatic rings. The average Bonchev–Trinajstić information content (AvgIpc) is 2.19. The highest BCUT2D eigenvalue weighted by Gasteiger charge is 2.16. The van der Waals surface area contributed by atoms with E-state index >= 15 is 0 Å². The Kier molecular flexibility index (Phi) is 2.08. The molecular weight excluding hydrogens is 178 g/mol. The molecule has 1 heterocycles. The van der Waals surface area contributed by atoms with Gasteiger partial charge in [0.25, 0.3) is 0 Å². The number of hydrogen-bond donors (Lipinski definition) is 0. The summed E-state index contributed by atoms with van der Waals surface area (Å²) in [6.07, 6.45) is 0.432. The number of methoxy groups -OCH3 is 1. The van der Waals surface area contributed by atoms with Crippen molar-refractivity contribution in [2.45, 2.75) is 13.3 Å². The van der Waals surface area contributed by atoms with Gasteiger partial charge in [-0.05, 0) is 30.7 Å². The lowest BCUT2D eigenvalue weighted by atomic mass is 10.0. The van der Waals surface area contributed by atoms with Crippen molar-refractivity contribution in [3.05, 3.63) is 23.8 Å². The molecule has 0 atom stereocenters. The Morgan fingerprint density at radius 3 is 2.93 bits per heavy atom. The monoisotopic (exact) mass is 189 g/mol. The van der Waals surface area contributed by atoms with E-state index in [-0.39, 0.29) is 5.78 Å². The molecule has 0 saturated heterocycles. The molecule has 0 aromatic heterocycles. The number of ether oxygens (including phenoxy) is 1. The van der Waals surface area contributed by atoms with Crippen LogP contribution in [0.3, 0.4) is 0 Å². The summed E-state index contributed by atoms with van der Waals surface area (Å²) >= 11 is 0. The molecule has 3 heteroatoms. The minimum Gasteiger partial charge on any atom is -0.497 e. The highest BCUT2D eigenvalue weighted by Crippen LogP contribution is 2.28. The highest BCUT2D eigenvalue weighted by molar-refractivity contribution is 6.40. The lowest BCUT2D eigenvalue weighted by Crippen LogP contribution is -2.16. The number of benzene rings is 1. The molecule has 0 saturated carbocycles. The predicted molar refractivity (Wildman–Crippen MR) is 54.5 cm³/mol. The Hall–Kier alpha value is -1.64. The van der Waals surface area contributed by atoms with Gasteiger partial charge in [0.15, 0.2) is 5.78 Å². The number of ketones is 1. The summed E-state index contributed by atoms with van der Waals surface area (Å²) in [6, 6.07) is 5.60. The number of Topliss-reactive ketones (excluding diaryl/α,β-unsaturated/α-hetero) is 1. The van der Waals surface area contributed by atoms with E-state index in [1.807, 2.05) is 18.2 Å². The predicted octanol–water partition coefficient (Wildman–Crippen LogP) is 1.91. The van der Waals surface area contributed by atoms with Crippen LogP contribution in [0.15, 0.2) is 23.2 Å². The number of aliphatic imine (C=N–C) groups is 1. The quantitative estimate of drug-likeness (QED) is 0.676. The van der Waals surface area contributed by atoms with Crippen molar-refractivity contribution in [1.29, 1.82) is 0 Å². The number of fused-ring (bicyclic) bond motifs is 1. The van der Waals surface area contributed by atoms with Gasteiger partial charge in [0.05, 0.1) is 18.5 Å². The van der Waals surface area contributed by atoms with E-state index in [0.717, 1.165) is 17.0 Å². The summed E-state index contributed by atoms with van der Waals surface area (Å²) in [4.78, 5) is 15.6. The first-order chi connectivity index (χ1) is 6.70. The lowest BCUT2D eigenvalue weighted by molar-refractivity contribution is -0.112. The summed E-state index contributed by atoms with van der Waals surface area (Å²) in [5.74, 6) is 0.858. The zero-order chi connectivity index (χ0) is 10.1. The standard InChI is InChI=1S/C11H11NO2/c1-7-11(13)6-8-5-9(14-2)3-4-10(8)12-7/h3-5H,6H2,1-2H3. The van der Waals surface area contributed by atoms with E-state index < -0.39 is 0 Å². The number of nitrogens with zero attached hydrogens (tertiary/aromatic N) is 1. The topological polar surface area (TPSA) is 38.7 Å². The molecule has 1 aliphatic heterocycles. The van der Waals surface area contributed by atoms with Crippen LogP contribution in [-0.4, -0.2) is 18.6 Å². The van der Waals surface area contributed by atoms with Crippen LogP contribution < -0.4 is 4.74 Å². The molecule has 2 rings (SSSR count). The molecule has 0 radical (unpaired) electrons. The minimum absolute atomic E-state index is 0.0887. The van der Waals surface area contributed by atoms with Gasteiger partial charge in [0, 0.05) is 6.42 Å². The summed E-state index contributed by atoms with van der Waals surface area (Å²) in [6.45, 7) is 1.75. The van der Waals surface area contributed by atoms with Crippen molar-refractivity contribution >= 4 is 17.2 Å². The Morgan fingerprint density at radius 1 is 1.43 bits per heavy atom. The summed E-state index contributed by atoms with van der Waals surface area (Å²) in [5.41, 5.74) is 2.41. The third-order valence-electron chi connectivity index (χ3n) is 2.33. The van der Waals surface area contributed by atoms with Crippen LogP contribution in [0.25, 0.3) is 0 Å². The summed E-state index contributed by atoms with van der Waals surface area (Å²) in [7, 11) is 1.61. The molecule has 0 fully saturated rings. The van der Waals surface area contributed by atoms with Gasteiger partial charge in [-0.2, -0.15) is 0 Å². The second-order valence-electron chi connectivity index (χ2n) is 3.29. The van der Waals surface area contributed by atoms with Gasteiger partial charge < -0.3 is 4.74 Å². The second-order valence-corrected chi connectivity index (χ2v) is 3.29. The molecular formula is C11H11NO2. The molecule has 0 spiro atoms.